The first-order chi connectivity index (χ1) is 12.1. The second-order valence-electron chi connectivity index (χ2n) is 6.24. The molecule has 2 aromatic rings. The van der Waals surface area contributed by atoms with E-state index in [1.807, 2.05) is 42.5 Å². The Morgan fingerprint density at radius 1 is 1.04 bits per heavy atom. The van der Waals surface area contributed by atoms with Gasteiger partial charge >= 0.3 is 0 Å². The molecule has 130 valence electrons. The molecule has 0 radical (unpaired) electrons. The van der Waals surface area contributed by atoms with Gasteiger partial charge < -0.3 is 15.4 Å². The summed E-state index contributed by atoms with van der Waals surface area (Å²) in [5.74, 6) is 0.963. The third-order valence-electron chi connectivity index (χ3n) is 4.16. The number of methoxy groups -OCH3 is 1. The predicted molar refractivity (Wildman–Crippen MR) is 97.7 cm³/mol. The van der Waals surface area contributed by atoms with Crippen LogP contribution in [0.5, 0.6) is 5.75 Å². The number of carbonyl (C=O) groups is 2. The van der Waals surface area contributed by atoms with Crippen LogP contribution >= 0.6 is 0 Å². The van der Waals surface area contributed by atoms with Crippen molar-refractivity contribution >= 4 is 23.2 Å². The van der Waals surface area contributed by atoms with Gasteiger partial charge in [-0.1, -0.05) is 18.2 Å². The van der Waals surface area contributed by atoms with E-state index in [1.54, 1.807) is 13.2 Å². The fraction of sp³-hybridized carbons (Fsp3) is 0.300. The normalized spacial score (nSPS) is 13.2. The molecule has 25 heavy (non-hydrogen) atoms. The van der Waals surface area contributed by atoms with E-state index in [0.29, 0.717) is 24.2 Å². The summed E-state index contributed by atoms with van der Waals surface area (Å²) in [5.41, 5.74) is 2.49. The van der Waals surface area contributed by atoms with Gasteiger partial charge in [-0.05, 0) is 55.2 Å². The van der Waals surface area contributed by atoms with Gasteiger partial charge in [-0.15, -0.1) is 0 Å². The molecule has 1 aliphatic rings. The Bertz CT molecular complexity index is 752. The lowest BCUT2D eigenvalue weighted by atomic mass is 10.1. The van der Waals surface area contributed by atoms with Crippen LogP contribution in [0.2, 0.25) is 0 Å². The van der Waals surface area contributed by atoms with E-state index in [9.17, 15) is 9.59 Å². The quantitative estimate of drug-likeness (QED) is 0.810. The van der Waals surface area contributed by atoms with Gasteiger partial charge in [0.15, 0.2) is 0 Å². The standard InChI is InChI=1S/C20H22N2O3/c1-25-18-10-5-14(6-11-18)7-12-19(23)21-16-3-2-4-17(13-16)22-20(24)15-8-9-15/h2-6,10-11,13,15H,7-9,12H2,1H3,(H,21,23)(H,22,24). The summed E-state index contributed by atoms with van der Waals surface area (Å²) in [7, 11) is 1.63. The molecule has 0 spiro atoms. The van der Waals surface area contributed by atoms with Crippen LogP contribution in [0.15, 0.2) is 48.5 Å². The minimum atomic E-state index is -0.0542. The highest BCUT2D eigenvalue weighted by Gasteiger charge is 2.29. The van der Waals surface area contributed by atoms with Crippen molar-refractivity contribution in [2.45, 2.75) is 25.7 Å². The fourth-order valence-electron chi connectivity index (χ4n) is 2.54. The zero-order valence-corrected chi connectivity index (χ0v) is 14.2. The third-order valence-corrected chi connectivity index (χ3v) is 4.16. The summed E-state index contributed by atoms with van der Waals surface area (Å²) >= 11 is 0. The van der Waals surface area contributed by atoms with E-state index in [1.165, 1.54) is 0 Å². The van der Waals surface area contributed by atoms with Gasteiger partial charge in [0.25, 0.3) is 0 Å². The molecule has 2 N–H and O–H groups in total. The molecule has 0 aromatic heterocycles. The van der Waals surface area contributed by atoms with Crippen molar-refractivity contribution in [1.29, 1.82) is 0 Å². The summed E-state index contributed by atoms with van der Waals surface area (Å²) in [6, 6.07) is 14.9. The molecule has 2 amide bonds. The summed E-state index contributed by atoms with van der Waals surface area (Å²) in [4.78, 5) is 23.9. The van der Waals surface area contributed by atoms with Gasteiger partial charge in [-0.25, -0.2) is 0 Å². The highest BCUT2D eigenvalue weighted by atomic mass is 16.5. The van der Waals surface area contributed by atoms with Crippen LogP contribution in [0.3, 0.4) is 0 Å². The lowest BCUT2D eigenvalue weighted by Gasteiger charge is -2.09. The summed E-state index contributed by atoms with van der Waals surface area (Å²) in [6.45, 7) is 0. The molecule has 0 heterocycles. The van der Waals surface area contributed by atoms with Gasteiger partial charge in [0, 0.05) is 23.7 Å². The summed E-state index contributed by atoms with van der Waals surface area (Å²) < 4.78 is 5.12. The minimum Gasteiger partial charge on any atom is -0.497 e. The Labute approximate surface area is 147 Å². The van der Waals surface area contributed by atoms with Gasteiger partial charge in [-0.2, -0.15) is 0 Å². The molecule has 1 fully saturated rings. The van der Waals surface area contributed by atoms with Crippen LogP contribution in [-0.4, -0.2) is 18.9 Å². The Morgan fingerprint density at radius 2 is 1.72 bits per heavy atom. The number of carbonyl (C=O) groups excluding carboxylic acids is 2. The van der Waals surface area contributed by atoms with Crippen molar-refractivity contribution in [2.75, 3.05) is 17.7 Å². The van der Waals surface area contributed by atoms with Crippen molar-refractivity contribution in [3.05, 3.63) is 54.1 Å². The first-order valence-corrected chi connectivity index (χ1v) is 8.48. The largest absolute Gasteiger partial charge is 0.497 e. The van der Waals surface area contributed by atoms with E-state index in [2.05, 4.69) is 10.6 Å². The van der Waals surface area contributed by atoms with E-state index in [4.69, 9.17) is 4.74 Å². The van der Waals surface area contributed by atoms with E-state index in [0.717, 1.165) is 24.2 Å². The Kier molecular flexibility index (Phi) is 5.33. The third kappa shape index (κ3) is 5.08. The first-order valence-electron chi connectivity index (χ1n) is 8.48. The van der Waals surface area contributed by atoms with Gasteiger partial charge in [0.1, 0.15) is 5.75 Å². The van der Waals surface area contributed by atoms with Crippen LogP contribution in [-0.2, 0) is 16.0 Å². The van der Waals surface area contributed by atoms with Crippen LogP contribution in [0.25, 0.3) is 0 Å². The lowest BCUT2D eigenvalue weighted by Crippen LogP contribution is -2.15. The zero-order chi connectivity index (χ0) is 17.6. The molecule has 2 aromatic carbocycles. The number of benzene rings is 2. The molecule has 0 aliphatic heterocycles. The van der Waals surface area contributed by atoms with E-state index < -0.39 is 0 Å². The molecule has 0 saturated heterocycles. The predicted octanol–water partition coefficient (Wildman–Crippen LogP) is 3.62. The van der Waals surface area contributed by atoms with Crippen molar-refractivity contribution in [3.63, 3.8) is 0 Å². The second-order valence-corrected chi connectivity index (χ2v) is 6.24. The number of hydrogen-bond donors (Lipinski definition) is 2. The van der Waals surface area contributed by atoms with Crippen LogP contribution < -0.4 is 15.4 Å². The lowest BCUT2D eigenvalue weighted by molar-refractivity contribution is -0.117. The zero-order valence-electron chi connectivity index (χ0n) is 14.2. The summed E-state index contributed by atoms with van der Waals surface area (Å²) in [6.07, 6.45) is 2.99. The monoisotopic (exact) mass is 338 g/mol. The minimum absolute atomic E-state index is 0.0542. The SMILES string of the molecule is COc1ccc(CCC(=O)Nc2cccc(NC(=O)C3CC3)c2)cc1. The van der Waals surface area contributed by atoms with Crippen LogP contribution in [0.1, 0.15) is 24.8 Å². The van der Waals surface area contributed by atoms with Crippen molar-refractivity contribution < 1.29 is 14.3 Å². The number of anilines is 2. The highest BCUT2D eigenvalue weighted by molar-refractivity contribution is 5.96. The maximum atomic E-state index is 12.1. The molecular formula is C20H22N2O3. The smallest absolute Gasteiger partial charge is 0.227 e. The average Bonchev–Trinajstić information content (AvgIpc) is 3.46. The summed E-state index contributed by atoms with van der Waals surface area (Å²) in [5, 5.41) is 5.76. The van der Waals surface area contributed by atoms with Crippen molar-refractivity contribution in [2.24, 2.45) is 5.92 Å². The second kappa shape index (κ2) is 7.83. The molecule has 0 bridgehead atoms. The van der Waals surface area contributed by atoms with Crippen LogP contribution in [0.4, 0.5) is 11.4 Å². The Morgan fingerprint density at radius 3 is 2.36 bits per heavy atom. The van der Waals surface area contributed by atoms with Gasteiger partial charge in [0.2, 0.25) is 11.8 Å². The van der Waals surface area contributed by atoms with Crippen molar-refractivity contribution in [3.8, 4) is 5.75 Å². The number of rotatable bonds is 7. The first kappa shape index (κ1) is 17.0. The highest BCUT2D eigenvalue weighted by Crippen LogP contribution is 2.30. The number of nitrogens with one attached hydrogen (secondary N) is 2. The van der Waals surface area contributed by atoms with E-state index >= 15 is 0 Å². The van der Waals surface area contributed by atoms with Crippen LogP contribution in [0, 0.1) is 5.92 Å². The fourth-order valence-corrected chi connectivity index (χ4v) is 2.54. The number of aryl methyl sites for hydroxylation is 1. The van der Waals surface area contributed by atoms with Crippen molar-refractivity contribution in [1.82, 2.24) is 0 Å². The number of hydrogen-bond acceptors (Lipinski definition) is 3. The molecule has 0 unspecified atom stereocenters. The maximum absolute atomic E-state index is 12.1. The maximum Gasteiger partial charge on any atom is 0.227 e. The van der Waals surface area contributed by atoms with Gasteiger partial charge in [0.05, 0.1) is 7.11 Å². The Hall–Kier alpha value is -2.82. The van der Waals surface area contributed by atoms with E-state index in [-0.39, 0.29) is 17.7 Å². The molecule has 5 heteroatoms. The molecule has 1 saturated carbocycles. The molecule has 3 rings (SSSR count). The van der Waals surface area contributed by atoms with Gasteiger partial charge in [-0.3, -0.25) is 9.59 Å². The average molecular weight is 338 g/mol. The Balaban J connectivity index is 1.50. The molecular weight excluding hydrogens is 316 g/mol. The number of ether oxygens (including phenoxy) is 1. The molecule has 1 aliphatic carbocycles. The topological polar surface area (TPSA) is 67.4 Å². The number of amides is 2. The molecule has 5 nitrogen and oxygen atoms in total. The molecule has 0 atom stereocenters.